The number of nitrogens with one attached hydrogen (secondary N) is 1. The molecular formula is C36H38N4O4. The van der Waals surface area contributed by atoms with Gasteiger partial charge in [-0.15, -0.1) is 0 Å². The number of aromatic nitrogens is 2. The van der Waals surface area contributed by atoms with E-state index in [1.54, 1.807) is 4.90 Å². The standard InChI is InChI=1S/C36H38N4O4/c1-26(34-22-30(20-21-39(34)36(42)43)40-33-15-9-8-14-32(33)37-35(40)41)38(23-27-10-4-2-5-11-27)24-28-16-18-31(19-17-28)44-25-29-12-6-3-7-13-29/h2-19,26,30,34H,20-25H2,1H3,(H,37,41)(H,42,43). The van der Waals surface area contributed by atoms with Crippen LogP contribution in [-0.4, -0.2) is 49.2 Å². The summed E-state index contributed by atoms with van der Waals surface area (Å²) in [5.41, 5.74) is 4.88. The third-order valence-electron chi connectivity index (χ3n) is 8.77. The largest absolute Gasteiger partial charge is 0.489 e. The van der Waals surface area contributed by atoms with Gasteiger partial charge in [-0.3, -0.25) is 9.47 Å². The highest BCUT2D eigenvalue weighted by atomic mass is 16.5. The lowest BCUT2D eigenvalue weighted by atomic mass is 9.91. The SMILES string of the molecule is CC(C1CC(n2c(=O)[nH]c3ccccc32)CCN1C(=O)O)N(Cc1ccccc1)Cc1ccc(OCc2ccccc2)cc1. The number of ether oxygens (including phenoxy) is 1. The normalized spacial score (nSPS) is 17.5. The van der Waals surface area contributed by atoms with Crippen LogP contribution < -0.4 is 10.4 Å². The van der Waals surface area contributed by atoms with E-state index < -0.39 is 6.09 Å². The van der Waals surface area contributed by atoms with Gasteiger partial charge in [0.1, 0.15) is 12.4 Å². The van der Waals surface area contributed by atoms with Gasteiger partial charge in [0.2, 0.25) is 0 Å². The molecule has 0 radical (unpaired) electrons. The second kappa shape index (κ2) is 13.2. The van der Waals surface area contributed by atoms with Gasteiger partial charge < -0.3 is 19.7 Å². The van der Waals surface area contributed by atoms with Gasteiger partial charge in [0.25, 0.3) is 0 Å². The summed E-state index contributed by atoms with van der Waals surface area (Å²) in [5.74, 6) is 0.802. The van der Waals surface area contributed by atoms with Crippen LogP contribution in [0, 0.1) is 0 Å². The molecule has 226 valence electrons. The van der Waals surface area contributed by atoms with Gasteiger partial charge >= 0.3 is 11.8 Å². The number of likely N-dealkylation sites (tertiary alicyclic amines) is 1. The lowest BCUT2D eigenvalue weighted by Crippen LogP contribution is -2.55. The highest BCUT2D eigenvalue weighted by molar-refractivity contribution is 5.75. The summed E-state index contributed by atoms with van der Waals surface area (Å²) < 4.78 is 7.83. The van der Waals surface area contributed by atoms with Crippen LogP contribution in [0.25, 0.3) is 11.0 Å². The molecule has 0 saturated carbocycles. The number of imidazole rings is 1. The Hall–Kier alpha value is -4.82. The van der Waals surface area contributed by atoms with Crippen molar-refractivity contribution in [1.29, 1.82) is 0 Å². The minimum Gasteiger partial charge on any atom is -0.489 e. The third-order valence-corrected chi connectivity index (χ3v) is 8.77. The lowest BCUT2D eigenvalue weighted by molar-refractivity contribution is 0.0373. The number of para-hydroxylation sites is 2. The molecule has 1 amide bonds. The van der Waals surface area contributed by atoms with Crippen LogP contribution in [-0.2, 0) is 19.7 Å². The van der Waals surface area contributed by atoms with Crippen LogP contribution in [0.15, 0.2) is 114 Å². The van der Waals surface area contributed by atoms with Crippen molar-refractivity contribution >= 4 is 17.1 Å². The molecule has 8 heteroatoms. The van der Waals surface area contributed by atoms with Gasteiger partial charge in [0.15, 0.2) is 0 Å². The molecule has 0 bridgehead atoms. The molecule has 1 aliphatic heterocycles. The summed E-state index contributed by atoms with van der Waals surface area (Å²) in [5, 5.41) is 10.2. The summed E-state index contributed by atoms with van der Waals surface area (Å²) in [7, 11) is 0. The van der Waals surface area contributed by atoms with Crippen LogP contribution in [0.1, 0.15) is 42.5 Å². The highest BCUT2D eigenvalue weighted by Gasteiger charge is 2.38. The van der Waals surface area contributed by atoms with Gasteiger partial charge in [-0.25, -0.2) is 9.59 Å². The van der Waals surface area contributed by atoms with Crippen molar-refractivity contribution in [2.75, 3.05) is 6.54 Å². The number of hydrogen-bond donors (Lipinski definition) is 2. The first-order valence-corrected chi connectivity index (χ1v) is 15.2. The molecule has 0 spiro atoms. The van der Waals surface area contributed by atoms with Gasteiger partial charge in [-0.2, -0.15) is 0 Å². The third kappa shape index (κ3) is 6.55. The maximum absolute atomic E-state index is 13.1. The second-order valence-corrected chi connectivity index (χ2v) is 11.6. The Morgan fingerprint density at radius 2 is 1.50 bits per heavy atom. The molecule has 2 N–H and O–H groups in total. The number of benzene rings is 4. The molecule has 1 aromatic heterocycles. The van der Waals surface area contributed by atoms with Crippen LogP contribution in [0.4, 0.5) is 4.79 Å². The van der Waals surface area contributed by atoms with E-state index in [9.17, 15) is 14.7 Å². The molecule has 3 unspecified atom stereocenters. The molecule has 6 rings (SSSR count). The van der Waals surface area contributed by atoms with Crippen LogP contribution in [0.3, 0.4) is 0 Å². The Bertz CT molecular complexity index is 1730. The van der Waals surface area contributed by atoms with E-state index in [0.29, 0.717) is 39.1 Å². The first-order valence-electron chi connectivity index (χ1n) is 15.2. The Balaban J connectivity index is 1.24. The van der Waals surface area contributed by atoms with Crippen molar-refractivity contribution < 1.29 is 14.6 Å². The van der Waals surface area contributed by atoms with Gasteiger partial charge in [0.05, 0.1) is 17.1 Å². The van der Waals surface area contributed by atoms with Crippen molar-refractivity contribution in [2.45, 2.75) is 57.6 Å². The number of H-pyrrole nitrogens is 1. The van der Waals surface area contributed by atoms with Crippen LogP contribution in [0.5, 0.6) is 5.75 Å². The predicted molar refractivity (Wildman–Crippen MR) is 172 cm³/mol. The van der Waals surface area contributed by atoms with E-state index in [2.05, 4.69) is 41.1 Å². The van der Waals surface area contributed by atoms with Crippen molar-refractivity contribution in [3.8, 4) is 5.75 Å². The summed E-state index contributed by atoms with van der Waals surface area (Å²) >= 11 is 0. The monoisotopic (exact) mass is 590 g/mol. The summed E-state index contributed by atoms with van der Waals surface area (Å²) in [4.78, 5) is 32.4. The average molecular weight is 591 g/mol. The molecule has 2 heterocycles. The van der Waals surface area contributed by atoms with Gasteiger partial charge in [-0.1, -0.05) is 84.9 Å². The fourth-order valence-corrected chi connectivity index (χ4v) is 6.42. The van der Waals surface area contributed by atoms with Crippen LogP contribution >= 0.6 is 0 Å². The quantitative estimate of drug-likeness (QED) is 0.189. The molecule has 44 heavy (non-hydrogen) atoms. The van der Waals surface area contributed by atoms with E-state index in [-0.39, 0.29) is 23.8 Å². The van der Waals surface area contributed by atoms with Crippen molar-refractivity contribution in [2.24, 2.45) is 0 Å². The van der Waals surface area contributed by atoms with Crippen LogP contribution in [0.2, 0.25) is 0 Å². The number of aromatic amines is 1. The summed E-state index contributed by atoms with van der Waals surface area (Å²) in [6.07, 6.45) is 0.207. The number of piperidine rings is 1. The molecular weight excluding hydrogens is 552 g/mol. The Labute approximate surface area is 257 Å². The molecule has 4 aromatic carbocycles. The number of carboxylic acid groups (broad SMARTS) is 1. The maximum Gasteiger partial charge on any atom is 0.407 e. The van der Waals surface area contributed by atoms with Crippen molar-refractivity contribution in [3.63, 3.8) is 0 Å². The van der Waals surface area contributed by atoms with E-state index >= 15 is 0 Å². The molecule has 1 fully saturated rings. The zero-order valence-corrected chi connectivity index (χ0v) is 24.9. The number of carbonyl (C=O) groups is 1. The van der Waals surface area contributed by atoms with Gasteiger partial charge in [0, 0.05) is 31.7 Å². The maximum atomic E-state index is 13.1. The zero-order valence-electron chi connectivity index (χ0n) is 24.9. The minimum atomic E-state index is -0.925. The molecule has 0 aliphatic carbocycles. The zero-order chi connectivity index (χ0) is 30.5. The lowest BCUT2D eigenvalue weighted by Gasteiger charge is -2.44. The van der Waals surface area contributed by atoms with E-state index in [1.165, 1.54) is 0 Å². The first-order chi connectivity index (χ1) is 21.5. The predicted octanol–water partition coefficient (Wildman–Crippen LogP) is 6.68. The molecule has 3 atom stereocenters. The summed E-state index contributed by atoms with van der Waals surface area (Å²) in [6.45, 7) is 4.28. The number of rotatable bonds is 10. The first kappa shape index (κ1) is 29.3. The number of nitrogens with zero attached hydrogens (tertiary/aromatic N) is 3. The highest BCUT2D eigenvalue weighted by Crippen LogP contribution is 2.33. The Morgan fingerprint density at radius 1 is 0.886 bits per heavy atom. The second-order valence-electron chi connectivity index (χ2n) is 11.6. The van der Waals surface area contributed by atoms with Gasteiger partial charge in [-0.05, 0) is 60.7 Å². The molecule has 1 aliphatic rings. The molecule has 5 aromatic rings. The number of fused-ring (bicyclic) bond motifs is 1. The topological polar surface area (TPSA) is 90.8 Å². The van der Waals surface area contributed by atoms with Crippen molar-refractivity contribution in [1.82, 2.24) is 19.4 Å². The van der Waals surface area contributed by atoms with E-state index in [0.717, 1.165) is 33.5 Å². The average Bonchev–Trinajstić information content (AvgIpc) is 3.40. The molecule has 8 nitrogen and oxygen atoms in total. The van der Waals surface area contributed by atoms with E-state index in [1.807, 2.05) is 89.5 Å². The smallest absolute Gasteiger partial charge is 0.407 e. The number of hydrogen-bond acceptors (Lipinski definition) is 4. The Kier molecular flexibility index (Phi) is 8.79. The fraction of sp³-hybridized carbons (Fsp3) is 0.278. The Morgan fingerprint density at radius 3 is 2.18 bits per heavy atom. The summed E-state index contributed by atoms with van der Waals surface area (Å²) in [6, 6.07) is 35.6. The van der Waals surface area contributed by atoms with E-state index in [4.69, 9.17) is 4.74 Å². The molecule has 1 saturated heterocycles. The van der Waals surface area contributed by atoms with Crippen molar-refractivity contribution in [3.05, 3.63) is 136 Å². The fourth-order valence-electron chi connectivity index (χ4n) is 6.42. The minimum absolute atomic E-state index is 0.110. The number of amides is 1.